The number of hydrogen-bond acceptors (Lipinski definition) is 4. The summed E-state index contributed by atoms with van der Waals surface area (Å²) in [6.45, 7) is 4.98. The molecule has 170 valence electrons. The summed E-state index contributed by atoms with van der Waals surface area (Å²) in [6.07, 6.45) is 13.9. The fourth-order valence-electron chi connectivity index (χ4n) is 3.60. The van der Waals surface area contributed by atoms with Gasteiger partial charge in [-0.1, -0.05) is 0 Å². The Balaban J connectivity index is 1.41. The minimum Gasteiger partial charge on any atom is -0.309 e. The summed E-state index contributed by atoms with van der Waals surface area (Å²) < 4.78 is 29.4. The van der Waals surface area contributed by atoms with Crippen LogP contribution in [0.15, 0.2) is 92.0 Å². The maximum absolute atomic E-state index is 12.6. The first-order chi connectivity index (χ1) is 16.1. The lowest BCUT2D eigenvalue weighted by molar-refractivity contribution is -0.692. The fraction of sp³-hybridized carbons (Fsp3) is 0.240. The van der Waals surface area contributed by atoms with Gasteiger partial charge >= 0.3 is 7.60 Å². The molecule has 4 aromatic rings. The van der Waals surface area contributed by atoms with Gasteiger partial charge in [0.2, 0.25) is 5.69 Å². The van der Waals surface area contributed by atoms with Gasteiger partial charge in [-0.05, 0) is 37.1 Å². The molecule has 0 fully saturated rings. The zero-order valence-electron chi connectivity index (χ0n) is 18.9. The molecular formula is C25H29N4O3P+2. The standard InChI is InChI=1S/C25H29N4O3P/c1-3-31-33(30,32-4-2)20-19-27-14-9-22(10-15-27)23-11-16-28(17-12-23)24-5-7-25(8-6-24)29-18-13-26-21-29/h5-18,21H,3-4,19-20H2,1-2H3/q+2. The number of rotatable bonds is 10. The molecule has 7 nitrogen and oxygen atoms in total. The van der Waals surface area contributed by atoms with Crippen molar-refractivity contribution in [2.75, 3.05) is 19.4 Å². The maximum Gasteiger partial charge on any atom is 0.337 e. The van der Waals surface area contributed by atoms with Crippen LogP contribution in [0.1, 0.15) is 13.8 Å². The Kier molecular flexibility index (Phi) is 7.45. The second-order valence-electron chi connectivity index (χ2n) is 7.48. The maximum atomic E-state index is 12.6. The lowest BCUT2D eigenvalue weighted by Gasteiger charge is -2.15. The molecular weight excluding hydrogens is 435 g/mol. The highest BCUT2D eigenvalue weighted by atomic mass is 31.2. The number of hydrogen-bond donors (Lipinski definition) is 0. The van der Waals surface area contributed by atoms with Gasteiger partial charge in [0.25, 0.3) is 0 Å². The van der Waals surface area contributed by atoms with E-state index in [2.05, 4.69) is 70.5 Å². The highest BCUT2D eigenvalue weighted by molar-refractivity contribution is 7.53. The molecule has 1 aromatic carbocycles. The van der Waals surface area contributed by atoms with Crippen LogP contribution < -0.4 is 9.13 Å². The molecule has 0 aliphatic heterocycles. The molecule has 3 heterocycles. The van der Waals surface area contributed by atoms with Crippen molar-refractivity contribution in [2.24, 2.45) is 0 Å². The molecule has 0 unspecified atom stereocenters. The van der Waals surface area contributed by atoms with Crippen molar-refractivity contribution in [2.45, 2.75) is 20.4 Å². The molecule has 0 bridgehead atoms. The van der Waals surface area contributed by atoms with Crippen LogP contribution in [0.3, 0.4) is 0 Å². The van der Waals surface area contributed by atoms with Crippen molar-refractivity contribution in [1.29, 1.82) is 0 Å². The average Bonchev–Trinajstić information content (AvgIpc) is 3.39. The minimum atomic E-state index is -3.04. The van der Waals surface area contributed by atoms with Crippen LogP contribution >= 0.6 is 7.60 Å². The first-order valence-corrected chi connectivity index (χ1v) is 12.8. The molecule has 8 heteroatoms. The second kappa shape index (κ2) is 10.7. The van der Waals surface area contributed by atoms with E-state index < -0.39 is 7.60 Å². The highest BCUT2D eigenvalue weighted by Crippen LogP contribution is 2.47. The van der Waals surface area contributed by atoms with Gasteiger partial charge < -0.3 is 13.6 Å². The van der Waals surface area contributed by atoms with Gasteiger partial charge in [-0.3, -0.25) is 4.57 Å². The normalized spacial score (nSPS) is 11.6. The van der Waals surface area contributed by atoms with Crippen LogP contribution in [-0.2, 0) is 20.2 Å². The Morgan fingerprint density at radius 3 is 2.03 bits per heavy atom. The molecule has 0 radical (unpaired) electrons. The summed E-state index contributed by atoms with van der Waals surface area (Å²) in [4.78, 5) is 4.09. The number of aryl methyl sites for hydroxylation is 1. The van der Waals surface area contributed by atoms with Crippen molar-refractivity contribution >= 4 is 7.60 Å². The summed E-state index contributed by atoms with van der Waals surface area (Å²) >= 11 is 0. The Morgan fingerprint density at radius 2 is 1.48 bits per heavy atom. The quantitative estimate of drug-likeness (QED) is 0.258. The molecule has 4 rings (SSSR count). The number of aromatic nitrogens is 4. The van der Waals surface area contributed by atoms with Crippen molar-refractivity contribution in [3.8, 4) is 22.5 Å². The number of nitrogens with zero attached hydrogens (tertiary/aromatic N) is 4. The molecule has 0 aliphatic rings. The Morgan fingerprint density at radius 1 is 0.879 bits per heavy atom. The van der Waals surface area contributed by atoms with E-state index >= 15 is 0 Å². The van der Waals surface area contributed by atoms with Crippen molar-refractivity contribution < 1.29 is 22.7 Å². The monoisotopic (exact) mass is 464 g/mol. The lowest BCUT2D eigenvalue weighted by atomic mass is 10.1. The van der Waals surface area contributed by atoms with Crippen molar-refractivity contribution in [1.82, 2.24) is 9.55 Å². The summed E-state index contributed by atoms with van der Waals surface area (Å²) in [5, 5.41) is 0. The van der Waals surface area contributed by atoms with E-state index in [9.17, 15) is 4.57 Å². The van der Waals surface area contributed by atoms with Gasteiger partial charge in [0.15, 0.2) is 31.3 Å². The molecule has 0 saturated carbocycles. The smallest absolute Gasteiger partial charge is 0.309 e. The zero-order chi connectivity index (χ0) is 23.1. The third-order valence-electron chi connectivity index (χ3n) is 5.29. The number of benzene rings is 1. The van der Waals surface area contributed by atoms with E-state index in [4.69, 9.17) is 9.05 Å². The van der Waals surface area contributed by atoms with E-state index in [1.165, 1.54) is 0 Å². The predicted molar refractivity (Wildman–Crippen MR) is 126 cm³/mol. The molecule has 3 aromatic heterocycles. The number of pyridine rings is 2. The van der Waals surface area contributed by atoms with Gasteiger partial charge in [-0.2, -0.15) is 4.57 Å². The van der Waals surface area contributed by atoms with Crippen LogP contribution in [0.2, 0.25) is 0 Å². The van der Waals surface area contributed by atoms with Crippen LogP contribution in [0.4, 0.5) is 0 Å². The van der Waals surface area contributed by atoms with E-state index in [0.717, 1.165) is 22.5 Å². The third-order valence-corrected chi connectivity index (χ3v) is 7.34. The fourth-order valence-corrected chi connectivity index (χ4v) is 5.19. The van der Waals surface area contributed by atoms with Crippen molar-refractivity contribution in [3.63, 3.8) is 0 Å². The SMILES string of the molecule is CCOP(=O)(CC[n+]1ccc(-c2cc[n+](-c3ccc(-n4ccnc4)cc3)cc2)cc1)OCC. The molecule has 0 atom stereocenters. The van der Waals surface area contributed by atoms with Crippen LogP contribution in [0, 0.1) is 0 Å². The van der Waals surface area contributed by atoms with Crippen LogP contribution in [0.5, 0.6) is 0 Å². The van der Waals surface area contributed by atoms with Gasteiger partial charge in [0.05, 0.1) is 19.5 Å². The number of imidazole rings is 1. The largest absolute Gasteiger partial charge is 0.337 e. The molecule has 0 spiro atoms. The second-order valence-corrected chi connectivity index (χ2v) is 9.66. The van der Waals surface area contributed by atoms with Gasteiger partial charge in [-0.15, -0.1) is 0 Å². The topological polar surface area (TPSA) is 61.1 Å². The Labute approximate surface area is 194 Å². The first-order valence-electron chi connectivity index (χ1n) is 11.1. The van der Waals surface area contributed by atoms with Gasteiger partial charge in [-0.25, -0.2) is 9.55 Å². The zero-order valence-corrected chi connectivity index (χ0v) is 19.8. The van der Waals surface area contributed by atoms with E-state index in [1.54, 1.807) is 12.5 Å². The Bertz CT molecular complexity index is 1180. The average molecular weight is 465 g/mol. The van der Waals surface area contributed by atoms with Crippen molar-refractivity contribution in [3.05, 3.63) is 92.0 Å². The predicted octanol–water partition coefficient (Wildman–Crippen LogP) is 4.37. The molecule has 0 amide bonds. The van der Waals surface area contributed by atoms with Gasteiger partial charge in [0.1, 0.15) is 6.16 Å². The summed E-state index contributed by atoms with van der Waals surface area (Å²) in [5.41, 5.74) is 4.41. The lowest BCUT2D eigenvalue weighted by Crippen LogP contribution is -2.34. The first kappa shape index (κ1) is 23.1. The van der Waals surface area contributed by atoms with Crippen LogP contribution in [0.25, 0.3) is 22.5 Å². The summed E-state index contributed by atoms with van der Waals surface area (Å²) in [7, 11) is -3.04. The third kappa shape index (κ3) is 5.82. The molecule has 0 saturated heterocycles. The molecule has 0 N–H and O–H groups in total. The van der Waals surface area contributed by atoms with Crippen LogP contribution in [-0.4, -0.2) is 28.9 Å². The molecule has 33 heavy (non-hydrogen) atoms. The van der Waals surface area contributed by atoms with E-state index in [0.29, 0.717) is 25.9 Å². The van der Waals surface area contributed by atoms with E-state index in [-0.39, 0.29) is 0 Å². The van der Waals surface area contributed by atoms with E-state index in [1.807, 2.05) is 41.6 Å². The molecule has 0 aliphatic carbocycles. The highest BCUT2D eigenvalue weighted by Gasteiger charge is 2.25. The minimum absolute atomic E-state index is 0.351. The Hall–Kier alpha value is -3.12. The van der Waals surface area contributed by atoms with Gasteiger partial charge in [0, 0.05) is 54.5 Å². The summed E-state index contributed by atoms with van der Waals surface area (Å²) in [5.74, 6) is 0. The summed E-state index contributed by atoms with van der Waals surface area (Å²) in [6, 6.07) is 16.6.